The van der Waals surface area contributed by atoms with Crippen LogP contribution in [0.25, 0.3) is 10.2 Å². The van der Waals surface area contributed by atoms with Crippen LogP contribution in [-0.4, -0.2) is 10.5 Å². The first kappa shape index (κ1) is 15.2. The third-order valence-electron chi connectivity index (χ3n) is 3.73. The van der Waals surface area contributed by atoms with Crippen LogP contribution in [-0.2, 0) is 7.05 Å². The number of carbonyl (C=O) groups excluding carboxylic acids is 1. The van der Waals surface area contributed by atoms with Crippen molar-refractivity contribution in [3.05, 3.63) is 62.4 Å². The number of aromatic nitrogens is 1. The van der Waals surface area contributed by atoms with E-state index in [0.717, 1.165) is 14.7 Å². The zero-order valence-electron chi connectivity index (χ0n) is 12.6. The molecule has 0 aliphatic carbocycles. The Morgan fingerprint density at radius 1 is 1.18 bits per heavy atom. The van der Waals surface area contributed by atoms with Gasteiger partial charge in [0, 0.05) is 11.5 Å². The second-order valence-corrected chi connectivity index (χ2v) is 7.11. The summed E-state index contributed by atoms with van der Waals surface area (Å²) < 4.78 is 3.88. The first-order chi connectivity index (χ1) is 10.5. The molecule has 0 N–H and O–H groups in total. The number of rotatable bonds is 1. The minimum Gasteiger partial charge on any atom is -0.319 e. The van der Waals surface area contributed by atoms with Gasteiger partial charge in [-0.1, -0.05) is 23.5 Å². The smallest absolute Gasteiger partial charge is 0.280 e. The number of hydrogen-bond acceptors (Lipinski definition) is 2. The molecule has 0 bridgehead atoms. The van der Waals surface area contributed by atoms with E-state index in [4.69, 9.17) is 0 Å². The summed E-state index contributed by atoms with van der Waals surface area (Å²) in [6.45, 7) is 4.19. The molecule has 0 unspecified atom stereocenters. The third-order valence-corrected chi connectivity index (χ3v) is 5.51. The van der Waals surface area contributed by atoms with Gasteiger partial charge in [0.15, 0.2) is 4.80 Å². The Balaban J connectivity index is 2.16. The fourth-order valence-corrected chi connectivity index (χ4v) is 3.82. The Kier molecular flexibility index (Phi) is 4.02. The van der Waals surface area contributed by atoms with Crippen LogP contribution in [0.3, 0.4) is 0 Å². The molecule has 2 aromatic carbocycles. The number of amides is 1. The molecule has 0 saturated heterocycles. The standard InChI is InChI=1S/C17H15BrN2OS/c1-10-8-14-15(9-11(10)2)22-17(20(14)3)19-16(21)12-6-4-5-7-13(12)18/h4-9H,1-3H3. The number of thiazole rings is 1. The second kappa shape index (κ2) is 5.82. The quantitative estimate of drug-likeness (QED) is 0.622. The van der Waals surface area contributed by atoms with Crippen LogP contribution >= 0.6 is 27.3 Å². The number of aryl methyl sites for hydroxylation is 3. The molecule has 0 spiro atoms. The van der Waals surface area contributed by atoms with Crippen molar-refractivity contribution in [3.8, 4) is 0 Å². The molecule has 0 aliphatic rings. The van der Waals surface area contributed by atoms with Gasteiger partial charge in [0.1, 0.15) is 0 Å². The number of benzene rings is 2. The molecule has 3 nitrogen and oxygen atoms in total. The normalized spacial score (nSPS) is 12.1. The van der Waals surface area contributed by atoms with Gasteiger partial charge >= 0.3 is 0 Å². The Morgan fingerprint density at radius 2 is 1.86 bits per heavy atom. The number of carbonyl (C=O) groups is 1. The summed E-state index contributed by atoms with van der Waals surface area (Å²) in [4.78, 5) is 17.4. The highest BCUT2D eigenvalue weighted by atomic mass is 79.9. The van der Waals surface area contributed by atoms with E-state index < -0.39 is 0 Å². The van der Waals surface area contributed by atoms with E-state index in [0.29, 0.717) is 10.4 Å². The minimum atomic E-state index is -0.233. The molecule has 1 heterocycles. The Bertz CT molecular complexity index is 953. The van der Waals surface area contributed by atoms with E-state index in [1.165, 1.54) is 22.5 Å². The van der Waals surface area contributed by atoms with E-state index in [1.54, 1.807) is 6.07 Å². The molecule has 0 aliphatic heterocycles. The maximum atomic E-state index is 12.4. The number of hydrogen-bond donors (Lipinski definition) is 0. The van der Waals surface area contributed by atoms with Crippen LogP contribution in [0.15, 0.2) is 45.9 Å². The second-order valence-electron chi connectivity index (χ2n) is 5.24. The van der Waals surface area contributed by atoms with Crippen LogP contribution in [0.1, 0.15) is 21.5 Å². The maximum Gasteiger partial charge on any atom is 0.280 e. The van der Waals surface area contributed by atoms with Crippen molar-refractivity contribution < 1.29 is 4.79 Å². The maximum absolute atomic E-state index is 12.4. The van der Waals surface area contributed by atoms with Crippen LogP contribution in [0.2, 0.25) is 0 Å². The van der Waals surface area contributed by atoms with Crippen molar-refractivity contribution in [2.75, 3.05) is 0 Å². The van der Waals surface area contributed by atoms with Crippen LogP contribution in [0.4, 0.5) is 0 Å². The Morgan fingerprint density at radius 3 is 2.59 bits per heavy atom. The SMILES string of the molecule is Cc1cc2sc(=NC(=O)c3ccccc3Br)n(C)c2cc1C. The molecule has 3 rings (SSSR count). The lowest BCUT2D eigenvalue weighted by atomic mass is 10.1. The zero-order chi connectivity index (χ0) is 15.9. The lowest BCUT2D eigenvalue weighted by molar-refractivity contribution is 0.0997. The molecule has 22 heavy (non-hydrogen) atoms. The molecule has 112 valence electrons. The minimum absolute atomic E-state index is 0.233. The highest BCUT2D eigenvalue weighted by Crippen LogP contribution is 2.21. The van der Waals surface area contributed by atoms with E-state index in [9.17, 15) is 4.79 Å². The number of nitrogens with zero attached hydrogens (tertiary/aromatic N) is 2. The summed E-state index contributed by atoms with van der Waals surface area (Å²) in [5, 5.41) is 0. The number of fused-ring (bicyclic) bond motifs is 1. The van der Waals surface area contributed by atoms with E-state index in [1.807, 2.05) is 29.8 Å². The molecule has 0 atom stereocenters. The molecule has 0 fully saturated rings. The van der Waals surface area contributed by atoms with Crippen LogP contribution in [0.5, 0.6) is 0 Å². The lowest BCUT2D eigenvalue weighted by Gasteiger charge is -2.01. The molecule has 1 aromatic heterocycles. The summed E-state index contributed by atoms with van der Waals surface area (Å²) in [6, 6.07) is 11.6. The van der Waals surface area contributed by atoms with Gasteiger partial charge in [0.05, 0.1) is 15.8 Å². The predicted molar refractivity (Wildman–Crippen MR) is 94.3 cm³/mol. The summed E-state index contributed by atoms with van der Waals surface area (Å²) in [5.41, 5.74) is 4.17. The fraction of sp³-hybridized carbons (Fsp3) is 0.176. The summed E-state index contributed by atoms with van der Waals surface area (Å²) in [5.74, 6) is -0.233. The van der Waals surface area contributed by atoms with E-state index in [2.05, 4.69) is 46.9 Å². The largest absolute Gasteiger partial charge is 0.319 e. The third kappa shape index (κ3) is 2.66. The van der Waals surface area contributed by atoms with Gasteiger partial charge in [-0.25, -0.2) is 0 Å². The van der Waals surface area contributed by atoms with Crippen molar-refractivity contribution in [1.29, 1.82) is 0 Å². The molecule has 0 radical (unpaired) electrons. The number of halogens is 1. The van der Waals surface area contributed by atoms with Gasteiger partial charge in [-0.2, -0.15) is 4.99 Å². The topological polar surface area (TPSA) is 34.4 Å². The van der Waals surface area contributed by atoms with Gasteiger partial charge in [-0.05, 0) is 65.2 Å². The molecule has 1 amide bonds. The average Bonchev–Trinajstić information content (AvgIpc) is 2.76. The Hall–Kier alpha value is -1.72. The highest BCUT2D eigenvalue weighted by molar-refractivity contribution is 9.10. The van der Waals surface area contributed by atoms with Crippen molar-refractivity contribution in [2.45, 2.75) is 13.8 Å². The summed E-state index contributed by atoms with van der Waals surface area (Å²) in [7, 11) is 1.94. The first-order valence-electron chi connectivity index (χ1n) is 6.88. The lowest BCUT2D eigenvalue weighted by Crippen LogP contribution is -2.13. The van der Waals surface area contributed by atoms with Crippen molar-refractivity contribution in [2.24, 2.45) is 12.0 Å². The summed E-state index contributed by atoms with van der Waals surface area (Å²) >= 11 is 4.93. The average molecular weight is 375 g/mol. The van der Waals surface area contributed by atoms with Gasteiger partial charge in [-0.15, -0.1) is 0 Å². The summed E-state index contributed by atoms with van der Waals surface area (Å²) in [6.07, 6.45) is 0. The van der Waals surface area contributed by atoms with E-state index >= 15 is 0 Å². The zero-order valence-corrected chi connectivity index (χ0v) is 15.0. The van der Waals surface area contributed by atoms with Gasteiger partial charge < -0.3 is 4.57 Å². The van der Waals surface area contributed by atoms with Gasteiger partial charge in [0.2, 0.25) is 0 Å². The highest BCUT2D eigenvalue weighted by Gasteiger charge is 2.10. The monoisotopic (exact) mass is 374 g/mol. The van der Waals surface area contributed by atoms with Crippen LogP contribution in [0, 0.1) is 13.8 Å². The van der Waals surface area contributed by atoms with E-state index in [-0.39, 0.29) is 5.91 Å². The van der Waals surface area contributed by atoms with Crippen LogP contribution < -0.4 is 4.80 Å². The Labute approximate surface area is 141 Å². The van der Waals surface area contributed by atoms with Gasteiger partial charge in [0.25, 0.3) is 5.91 Å². The predicted octanol–water partition coefficient (Wildman–Crippen LogP) is 4.36. The van der Waals surface area contributed by atoms with Gasteiger partial charge in [-0.3, -0.25) is 4.79 Å². The first-order valence-corrected chi connectivity index (χ1v) is 8.48. The molecule has 3 aromatic rings. The molecular weight excluding hydrogens is 360 g/mol. The van der Waals surface area contributed by atoms with Crippen molar-refractivity contribution in [1.82, 2.24) is 4.57 Å². The molecule has 5 heteroatoms. The van der Waals surface area contributed by atoms with Crippen molar-refractivity contribution in [3.63, 3.8) is 0 Å². The fourth-order valence-electron chi connectivity index (χ4n) is 2.27. The molecule has 0 saturated carbocycles. The van der Waals surface area contributed by atoms with Crippen molar-refractivity contribution >= 4 is 43.4 Å². The molecular formula is C17H15BrN2OS.